The van der Waals surface area contributed by atoms with Gasteiger partial charge in [-0.25, -0.2) is 14.8 Å². The average molecular weight is 337 g/mol. The lowest BCUT2D eigenvalue weighted by molar-refractivity contribution is 0.0914. The quantitative estimate of drug-likeness (QED) is 0.696. The first-order chi connectivity index (χ1) is 10.7. The number of carbonyl (C=O) groups excluding carboxylic acids is 1. The lowest BCUT2D eigenvalue weighted by atomic mass is 10.1. The van der Waals surface area contributed by atoms with E-state index in [4.69, 9.17) is 5.14 Å². The van der Waals surface area contributed by atoms with Gasteiger partial charge in [-0.3, -0.25) is 4.79 Å². The fourth-order valence-corrected chi connectivity index (χ4v) is 2.43. The van der Waals surface area contributed by atoms with Crippen molar-refractivity contribution in [2.24, 2.45) is 5.14 Å². The summed E-state index contributed by atoms with van der Waals surface area (Å²) in [6, 6.07) is 7.14. The maximum absolute atomic E-state index is 12.2. The van der Waals surface area contributed by atoms with Crippen LogP contribution in [0.2, 0.25) is 0 Å². The standard InChI is InChI=1S/C14H19N5O3S/c1-14(2,10-17-23(15,21)22)18-13(20)11-5-6-12(16-9-11)19-7-3-4-8-19/h3-9,17H,10H2,1-2H3,(H,18,20)(H2,15,21,22). The van der Waals surface area contributed by atoms with Crippen molar-refractivity contribution in [3.8, 4) is 5.82 Å². The summed E-state index contributed by atoms with van der Waals surface area (Å²) in [6.45, 7) is 3.35. The van der Waals surface area contributed by atoms with Gasteiger partial charge >= 0.3 is 0 Å². The van der Waals surface area contributed by atoms with E-state index in [0.717, 1.165) is 0 Å². The number of carbonyl (C=O) groups is 1. The number of amides is 1. The van der Waals surface area contributed by atoms with Gasteiger partial charge < -0.3 is 9.88 Å². The molecule has 9 heteroatoms. The first kappa shape index (κ1) is 17.1. The second-order valence-electron chi connectivity index (χ2n) is 5.70. The van der Waals surface area contributed by atoms with E-state index < -0.39 is 15.7 Å². The second kappa shape index (κ2) is 6.49. The Balaban J connectivity index is 2.03. The number of nitrogens with zero attached hydrogens (tertiary/aromatic N) is 2. The molecular formula is C14H19N5O3S. The Labute approximate surface area is 134 Å². The Bertz CT molecular complexity index is 767. The van der Waals surface area contributed by atoms with Gasteiger partial charge in [0.25, 0.3) is 16.1 Å². The van der Waals surface area contributed by atoms with Gasteiger partial charge in [0.1, 0.15) is 5.82 Å². The molecule has 124 valence electrons. The van der Waals surface area contributed by atoms with Crippen molar-refractivity contribution < 1.29 is 13.2 Å². The number of aromatic nitrogens is 2. The predicted molar refractivity (Wildman–Crippen MR) is 86.2 cm³/mol. The van der Waals surface area contributed by atoms with E-state index in [1.165, 1.54) is 6.20 Å². The van der Waals surface area contributed by atoms with Crippen LogP contribution >= 0.6 is 0 Å². The highest BCUT2D eigenvalue weighted by Crippen LogP contribution is 2.08. The Morgan fingerprint density at radius 2 is 1.96 bits per heavy atom. The molecular weight excluding hydrogens is 318 g/mol. The van der Waals surface area contributed by atoms with Crippen LogP contribution in [0.4, 0.5) is 0 Å². The van der Waals surface area contributed by atoms with Crippen molar-refractivity contribution in [1.29, 1.82) is 0 Å². The molecule has 0 aromatic carbocycles. The van der Waals surface area contributed by atoms with Crippen LogP contribution in [0.3, 0.4) is 0 Å². The smallest absolute Gasteiger partial charge is 0.274 e. The summed E-state index contributed by atoms with van der Waals surface area (Å²) in [5, 5.41) is 7.61. The fraction of sp³-hybridized carbons (Fsp3) is 0.286. The van der Waals surface area contributed by atoms with Gasteiger partial charge in [-0.1, -0.05) is 0 Å². The molecule has 0 aliphatic heterocycles. The van der Waals surface area contributed by atoms with Crippen LogP contribution in [0, 0.1) is 0 Å². The number of nitrogens with two attached hydrogens (primary N) is 1. The number of rotatable bonds is 6. The third kappa shape index (κ3) is 5.16. The third-order valence-electron chi connectivity index (χ3n) is 3.05. The maximum atomic E-state index is 12.2. The summed E-state index contributed by atoms with van der Waals surface area (Å²) in [4.78, 5) is 16.4. The number of nitrogens with one attached hydrogen (secondary N) is 2. The van der Waals surface area contributed by atoms with E-state index in [2.05, 4.69) is 15.0 Å². The van der Waals surface area contributed by atoms with E-state index in [1.54, 1.807) is 26.0 Å². The molecule has 4 N–H and O–H groups in total. The van der Waals surface area contributed by atoms with E-state index in [0.29, 0.717) is 11.4 Å². The molecule has 0 saturated carbocycles. The van der Waals surface area contributed by atoms with E-state index >= 15 is 0 Å². The predicted octanol–water partition coefficient (Wildman–Crippen LogP) is 0.174. The summed E-state index contributed by atoms with van der Waals surface area (Å²) in [5.41, 5.74) is -0.424. The molecule has 0 saturated heterocycles. The minimum absolute atomic E-state index is 0.0214. The van der Waals surface area contributed by atoms with Crippen LogP contribution in [0.5, 0.6) is 0 Å². The highest BCUT2D eigenvalue weighted by Gasteiger charge is 2.22. The first-order valence-electron chi connectivity index (χ1n) is 6.86. The van der Waals surface area contributed by atoms with Crippen molar-refractivity contribution >= 4 is 16.1 Å². The van der Waals surface area contributed by atoms with Crippen molar-refractivity contribution in [3.63, 3.8) is 0 Å². The zero-order valence-electron chi connectivity index (χ0n) is 12.9. The lowest BCUT2D eigenvalue weighted by Gasteiger charge is -2.26. The Morgan fingerprint density at radius 3 is 2.48 bits per heavy atom. The Kier molecular flexibility index (Phi) is 4.83. The second-order valence-corrected chi connectivity index (χ2v) is 7.08. The maximum Gasteiger partial charge on any atom is 0.274 e. The zero-order valence-corrected chi connectivity index (χ0v) is 13.7. The van der Waals surface area contributed by atoms with Crippen molar-refractivity contribution in [2.45, 2.75) is 19.4 Å². The molecule has 0 aliphatic carbocycles. The molecule has 2 rings (SSSR count). The summed E-state index contributed by atoms with van der Waals surface area (Å²) in [5.74, 6) is 0.347. The first-order valence-corrected chi connectivity index (χ1v) is 8.40. The van der Waals surface area contributed by atoms with Gasteiger partial charge in [-0.05, 0) is 38.1 Å². The van der Waals surface area contributed by atoms with Crippen LogP contribution in [0.15, 0.2) is 42.9 Å². The molecule has 2 aromatic heterocycles. The number of hydrogen-bond donors (Lipinski definition) is 3. The largest absolute Gasteiger partial charge is 0.346 e. The number of hydrogen-bond acceptors (Lipinski definition) is 4. The molecule has 8 nitrogen and oxygen atoms in total. The van der Waals surface area contributed by atoms with Crippen molar-refractivity contribution in [3.05, 3.63) is 48.4 Å². The third-order valence-corrected chi connectivity index (χ3v) is 3.59. The summed E-state index contributed by atoms with van der Waals surface area (Å²) < 4.78 is 25.8. The summed E-state index contributed by atoms with van der Waals surface area (Å²) in [7, 11) is -3.80. The van der Waals surface area contributed by atoms with Crippen molar-refractivity contribution in [2.75, 3.05) is 6.54 Å². The molecule has 0 unspecified atom stereocenters. The van der Waals surface area contributed by atoms with Gasteiger partial charge in [-0.2, -0.15) is 8.42 Å². The highest BCUT2D eigenvalue weighted by atomic mass is 32.2. The lowest BCUT2D eigenvalue weighted by Crippen LogP contribution is -2.52. The topological polar surface area (TPSA) is 119 Å². The van der Waals surface area contributed by atoms with E-state index in [1.807, 2.05) is 29.1 Å². The highest BCUT2D eigenvalue weighted by molar-refractivity contribution is 7.87. The van der Waals surface area contributed by atoms with Crippen LogP contribution in [0.25, 0.3) is 5.82 Å². The van der Waals surface area contributed by atoms with E-state index in [9.17, 15) is 13.2 Å². The summed E-state index contributed by atoms with van der Waals surface area (Å²) in [6.07, 6.45) is 5.17. The SMILES string of the molecule is CC(C)(CNS(N)(=O)=O)NC(=O)c1ccc(-n2cccc2)nc1. The van der Waals surface area contributed by atoms with Crippen LogP contribution in [0.1, 0.15) is 24.2 Å². The molecule has 23 heavy (non-hydrogen) atoms. The van der Waals surface area contributed by atoms with Crippen molar-refractivity contribution in [1.82, 2.24) is 19.6 Å². The summed E-state index contributed by atoms with van der Waals surface area (Å²) >= 11 is 0. The minimum Gasteiger partial charge on any atom is -0.346 e. The molecule has 2 aromatic rings. The molecule has 0 fully saturated rings. The van der Waals surface area contributed by atoms with Gasteiger partial charge in [0, 0.05) is 30.7 Å². The minimum atomic E-state index is -3.80. The zero-order chi connectivity index (χ0) is 17.1. The van der Waals surface area contributed by atoms with Crippen LogP contribution in [-0.4, -0.2) is 36.0 Å². The molecule has 2 heterocycles. The average Bonchev–Trinajstić information content (AvgIpc) is 2.98. The molecule has 0 spiro atoms. The molecule has 0 aliphatic rings. The Morgan fingerprint density at radius 1 is 1.30 bits per heavy atom. The number of pyridine rings is 1. The molecule has 0 atom stereocenters. The monoisotopic (exact) mass is 337 g/mol. The van der Waals surface area contributed by atoms with Crippen LogP contribution in [-0.2, 0) is 10.2 Å². The molecule has 0 radical (unpaired) electrons. The van der Waals surface area contributed by atoms with Crippen LogP contribution < -0.4 is 15.2 Å². The molecule has 0 bridgehead atoms. The van der Waals surface area contributed by atoms with Gasteiger partial charge in [0.15, 0.2) is 0 Å². The molecule has 1 amide bonds. The van der Waals surface area contributed by atoms with Gasteiger partial charge in [0.05, 0.1) is 5.56 Å². The van der Waals surface area contributed by atoms with E-state index in [-0.39, 0.29) is 12.5 Å². The van der Waals surface area contributed by atoms with Gasteiger partial charge in [0.2, 0.25) is 0 Å². The van der Waals surface area contributed by atoms with Gasteiger partial charge in [-0.15, -0.1) is 0 Å². The Hall–Kier alpha value is -2.23. The fourth-order valence-electron chi connectivity index (χ4n) is 1.87. The normalized spacial score (nSPS) is 12.1.